The predicted molar refractivity (Wildman–Crippen MR) is 82.7 cm³/mol. The third-order valence-electron chi connectivity index (χ3n) is 3.38. The quantitative estimate of drug-likeness (QED) is 0.797. The Labute approximate surface area is 137 Å². The highest BCUT2D eigenvalue weighted by Crippen LogP contribution is 2.26. The summed E-state index contributed by atoms with van der Waals surface area (Å²) < 4.78 is 48.0. The number of rotatable bonds is 6. The van der Waals surface area contributed by atoms with Crippen molar-refractivity contribution < 1.29 is 22.0 Å². The minimum Gasteiger partial charge on any atom is -0.351 e. The van der Waals surface area contributed by atoms with Gasteiger partial charge in [0.25, 0.3) is 5.91 Å². The number of amides is 1. The lowest BCUT2D eigenvalue weighted by Gasteiger charge is -2.09. The van der Waals surface area contributed by atoms with E-state index in [0.29, 0.717) is 12.5 Å². The van der Waals surface area contributed by atoms with Gasteiger partial charge in [0.05, 0.1) is 4.90 Å². The zero-order valence-electron chi connectivity index (χ0n) is 11.6. The minimum atomic E-state index is -4.74. The maximum atomic E-state index is 12.6. The highest BCUT2D eigenvalue weighted by molar-refractivity contribution is 7.92. The van der Waals surface area contributed by atoms with Crippen LogP contribution in [0.4, 0.5) is 8.78 Å². The Kier molecular flexibility index (Phi) is 7.17. The van der Waals surface area contributed by atoms with Gasteiger partial charge < -0.3 is 10.6 Å². The van der Waals surface area contributed by atoms with Gasteiger partial charge in [-0.2, -0.15) is 8.78 Å². The maximum absolute atomic E-state index is 12.6. The third-order valence-corrected chi connectivity index (χ3v) is 5.84. The monoisotopic (exact) mass is 374 g/mol. The Morgan fingerprint density at radius 1 is 1.50 bits per heavy atom. The highest BCUT2D eigenvalue weighted by atomic mass is 35.5. The first-order valence-corrected chi connectivity index (χ1v) is 8.94. The average Bonchev–Trinajstić information content (AvgIpc) is 3.09. The molecule has 0 aliphatic carbocycles. The molecule has 0 aromatic carbocycles. The first kappa shape index (κ1) is 19.3. The van der Waals surface area contributed by atoms with Crippen molar-refractivity contribution in [3.63, 3.8) is 0 Å². The fourth-order valence-corrected chi connectivity index (χ4v) is 4.30. The van der Waals surface area contributed by atoms with E-state index in [-0.39, 0.29) is 17.3 Å². The fraction of sp³-hybridized carbons (Fsp3) is 0.583. The van der Waals surface area contributed by atoms with Gasteiger partial charge in [0.15, 0.2) is 0 Å². The standard InChI is InChI=1S/C12H16F2N2O3S2.ClH/c13-12(14)21(18,19)9-3-6-20-10(9)11(17)16-5-2-8-1-4-15-7-8;/h3,6,8,12,15H,1-2,4-5,7H2,(H,16,17);1H. The minimum absolute atomic E-state index is 0. The summed E-state index contributed by atoms with van der Waals surface area (Å²) in [7, 11) is -4.74. The zero-order chi connectivity index (χ0) is 15.5. The van der Waals surface area contributed by atoms with E-state index in [0.717, 1.165) is 43.3 Å². The number of carbonyl (C=O) groups is 1. The number of nitrogens with one attached hydrogen (secondary N) is 2. The van der Waals surface area contributed by atoms with E-state index in [1.807, 2.05) is 0 Å². The number of carbonyl (C=O) groups excluding carboxylic acids is 1. The number of sulfone groups is 1. The van der Waals surface area contributed by atoms with Crippen LogP contribution in [0, 0.1) is 5.92 Å². The summed E-state index contributed by atoms with van der Waals surface area (Å²) in [5.74, 6) is -3.66. The number of hydrogen-bond acceptors (Lipinski definition) is 5. The summed E-state index contributed by atoms with van der Waals surface area (Å²) in [5, 5.41) is 7.13. The van der Waals surface area contributed by atoms with Crippen LogP contribution < -0.4 is 10.6 Å². The summed E-state index contributed by atoms with van der Waals surface area (Å²) in [6, 6.07) is 1.04. The molecule has 1 atom stereocenters. The predicted octanol–water partition coefficient (Wildman–Crippen LogP) is 1.90. The molecule has 1 aliphatic heterocycles. The molecule has 1 unspecified atom stereocenters. The van der Waals surface area contributed by atoms with E-state index in [1.165, 1.54) is 5.38 Å². The molecule has 1 fully saturated rings. The Balaban J connectivity index is 0.00000242. The largest absolute Gasteiger partial charge is 0.351 e. The van der Waals surface area contributed by atoms with Crippen molar-refractivity contribution in [2.75, 3.05) is 19.6 Å². The van der Waals surface area contributed by atoms with Crippen molar-refractivity contribution in [2.24, 2.45) is 5.92 Å². The van der Waals surface area contributed by atoms with Crippen molar-refractivity contribution in [3.05, 3.63) is 16.3 Å². The van der Waals surface area contributed by atoms with Gasteiger partial charge in [-0.25, -0.2) is 8.42 Å². The lowest BCUT2D eigenvalue weighted by Crippen LogP contribution is -2.27. The molecule has 1 amide bonds. The summed E-state index contributed by atoms with van der Waals surface area (Å²) in [6.07, 6.45) is 1.82. The molecular formula is C12H17ClF2N2O3S2. The fourth-order valence-electron chi connectivity index (χ4n) is 2.21. The van der Waals surface area contributed by atoms with Gasteiger partial charge in [-0.3, -0.25) is 4.79 Å². The molecule has 0 saturated carbocycles. The van der Waals surface area contributed by atoms with Gasteiger partial charge >= 0.3 is 5.76 Å². The van der Waals surface area contributed by atoms with E-state index >= 15 is 0 Å². The molecule has 2 rings (SSSR count). The van der Waals surface area contributed by atoms with Crippen LogP contribution in [0.1, 0.15) is 22.5 Å². The highest BCUT2D eigenvalue weighted by Gasteiger charge is 2.32. The van der Waals surface area contributed by atoms with Crippen LogP contribution >= 0.6 is 23.7 Å². The van der Waals surface area contributed by atoms with E-state index in [9.17, 15) is 22.0 Å². The molecule has 22 heavy (non-hydrogen) atoms. The second-order valence-electron chi connectivity index (χ2n) is 4.82. The molecule has 0 spiro atoms. The number of thiophene rings is 1. The lowest BCUT2D eigenvalue weighted by molar-refractivity contribution is 0.0952. The Morgan fingerprint density at radius 2 is 2.23 bits per heavy atom. The topological polar surface area (TPSA) is 75.3 Å². The van der Waals surface area contributed by atoms with Crippen molar-refractivity contribution in [2.45, 2.75) is 23.5 Å². The number of hydrogen-bond donors (Lipinski definition) is 2. The Hall–Kier alpha value is -0.770. The molecule has 2 N–H and O–H groups in total. The SMILES string of the molecule is Cl.O=C(NCCC1CCNC1)c1sccc1S(=O)(=O)C(F)F. The second-order valence-corrected chi connectivity index (χ2v) is 7.63. The molecule has 5 nitrogen and oxygen atoms in total. The first-order valence-electron chi connectivity index (χ1n) is 6.51. The van der Waals surface area contributed by atoms with Crippen LogP contribution in [-0.2, 0) is 9.84 Å². The van der Waals surface area contributed by atoms with Crippen LogP contribution in [-0.4, -0.2) is 39.7 Å². The summed E-state index contributed by atoms with van der Waals surface area (Å²) in [4.78, 5) is 11.2. The Bertz CT molecular complexity index is 601. The van der Waals surface area contributed by atoms with Gasteiger partial charge in [0, 0.05) is 6.54 Å². The van der Waals surface area contributed by atoms with Crippen LogP contribution in [0.25, 0.3) is 0 Å². The Morgan fingerprint density at radius 3 is 2.82 bits per heavy atom. The van der Waals surface area contributed by atoms with Gasteiger partial charge in [0.2, 0.25) is 9.84 Å². The van der Waals surface area contributed by atoms with E-state index in [1.54, 1.807) is 0 Å². The number of halogens is 3. The lowest BCUT2D eigenvalue weighted by atomic mass is 10.1. The van der Waals surface area contributed by atoms with Crippen LogP contribution in [0.15, 0.2) is 16.3 Å². The van der Waals surface area contributed by atoms with Gasteiger partial charge in [-0.05, 0) is 43.3 Å². The van der Waals surface area contributed by atoms with Gasteiger partial charge in [0.1, 0.15) is 4.88 Å². The molecule has 1 aliphatic rings. The summed E-state index contributed by atoms with van der Waals surface area (Å²) in [6.45, 7) is 2.26. The zero-order valence-corrected chi connectivity index (χ0v) is 14.0. The molecule has 126 valence electrons. The first-order chi connectivity index (χ1) is 9.93. The van der Waals surface area contributed by atoms with E-state index < -0.39 is 26.4 Å². The maximum Gasteiger partial charge on any atom is 0.341 e. The molecule has 1 aromatic rings. The number of alkyl halides is 2. The molecule has 1 saturated heterocycles. The van der Waals surface area contributed by atoms with Gasteiger partial charge in [-0.1, -0.05) is 0 Å². The molecule has 1 aromatic heterocycles. The van der Waals surface area contributed by atoms with Crippen molar-refractivity contribution in [3.8, 4) is 0 Å². The smallest absolute Gasteiger partial charge is 0.341 e. The molecular weight excluding hydrogens is 358 g/mol. The van der Waals surface area contributed by atoms with Crippen molar-refractivity contribution in [1.82, 2.24) is 10.6 Å². The van der Waals surface area contributed by atoms with Crippen molar-refractivity contribution >= 4 is 39.5 Å². The van der Waals surface area contributed by atoms with Gasteiger partial charge in [-0.15, -0.1) is 23.7 Å². The summed E-state index contributed by atoms with van der Waals surface area (Å²) in [5.41, 5.74) is 0. The van der Waals surface area contributed by atoms with E-state index in [4.69, 9.17) is 0 Å². The normalized spacial score (nSPS) is 18.2. The van der Waals surface area contributed by atoms with Crippen LogP contribution in [0.3, 0.4) is 0 Å². The average molecular weight is 375 g/mol. The molecule has 2 heterocycles. The molecule has 10 heteroatoms. The second kappa shape index (κ2) is 8.19. The third kappa shape index (κ3) is 4.37. The summed E-state index contributed by atoms with van der Waals surface area (Å²) >= 11 is 0.848. The van der Waals surface area contributed by atoms with Crippen LogP contribution in [0.2, 0.25) is 0 Å². The van der Waals surface area contributed by atoms with E-state index in [2.05, 4.69) is 10.6 Å². The van der Waals surface area contributed by atoms with Crippen LogP contribution in [0.5, 0.6) is 0 Å². The molecule has 0 bridgehead atoms. The van der Waals surface area contributed by atoms with Crippen molar-refractivity contribution in [1.29, 1.82) is 0 Å². The molecule has 0 radical (unpaired) electrons.